The first-order valence-electron chi connectivity index (χ1n) is 8.42. The SMILES string of the molecule is Cn1ccnc1C(NCC1CNc2ccnn2C1)c1ccc(F)cc1. The van der Waals surface area contributed by atoms with Gasteiger partial charge in [0, 0.05) is 51.1 Å². The van der Waals surface area contributed by atoms with Gasteiger partial charge in [-0.05, 0) is 17.7 Å². The third-order valence-corrected chi connectivity index (χ3v) is 4.65. The summed E-state index contributed by atoms with van der Waals surface area (Å²) >= 11 is 0. The van der Waals surface area contributed by atoms with Crippen LogP contribution in [-0.2, 0) is 13.6 Å². The Morgan fingerprint density at radius 1 is 1.28 bits per heavy atom. The van der Waals surface area contributed by atoms with E-state index in [4.69, 9.17) is 0 Å². The second-order valence-corrected chi connectivity index (χ2v) is 6.43. The molecule has 3 heterocycles. The topological polar surface area (TPSA) is 59.7 Å². The van der Waals surface area contributed by atoms with Gasteiger partial charge in [0.1, 0.15) is 17.5 Å². The van der Waals surface area contributed by atoms with Gasteiger partial charge >= 0.3 is 0 Å². The summed E-state index contributed by atoms with van der Waals surface area (Å²) in [4.78, 5) is 4.48. The molecule has 0 radical (unpaired) electrons. The van der Waals surface area contributed by atoms with E-state index >= 15 is 0 Å². The van der Waals surface area contributed by atoms with E-state index in [0.29, 0.717) is 5.92 Å². The van der Waals surface area contributed by atoms with E-state index in [1.165, 1.54) is 12.1 Å². The van der Waals surface area contributed by atoms with Crippen LogP contribution in [0.25, 0.3) is 0 Å². The fourth-order valence-electron chi connectivity index (χ4n) is 3.28. The number of aryl methyl sites for hydroxylation is 1. The lowest BCUT2D eigenvalue weighted by Gasteiger charge is -2.27. The average Bonchev–Trinajstić information content (AvgIpc) is 3.25. The van der Waals surface area contributed by atoms with Crippen LogP contribution < -0.4 is 10.6 Å². The molecule has 25 heavy (non-hydrogen) atoms. The zero-order valence-corrected chi connectivity index (χ0v) is 14.1. The molecule has 4 rings (SSSR count). The van der Waals surface area contributed by atoms with Gasteiger partial charge in [-0.3, -0.25) is 0 Å². The standard InChI is InChI=1S/C18H21FN6/c1-24-9-8-20-18(24)17(14-2-4-15(19)5-3-14)22-11-13-10-21-16-6-7-23-25(16)12-13/h2-9,13,17,21-22H,10-12H2,1H3. The highest BCUT2D eigenvalue weighted by Gasteiger charge is 2.22. The number of rotatable bonds is 5. The third kappa shape index (κ3) is 3.28. The number of anilines is 1. The van der Waals surface area contributed by atoms with Gasteiger partial charge in [-0.2, -0.15) is 5.10 Å². The monoisotopic (exact) mass is 340 g/mol. The van der Waals surface area contributed by atoms with Gasteiger partial charge in [0.15, 0.2) is 0 Å². The van der Waals surface area contributed by atoms with Gasteiger partial charge in [-0.1, -0.05) is 12.1 Å². The van der Waals surface area contributed by atoms with Crippen molar-refractivity contribution >= 4 is 5.82 Å². The number of halogens is 1. The fourth-order valence-corrected chi connectivity index (χ4v) is 3.28. The molecule has 0 amide bonds. The lowest BCUT2D eigenvalue weighted by atomic mass is 10.0. The van der Waals surface area contributed by atoms with Crippen molar-refractivity contribution in [2.75, 3.05) is 18.4 Å². The molecule has 2 unspecified atom stereocenters. The summed E-state index contributed by atoms with van der Waals surface area (Å²) < 4.78 is 17.3. The van der Waals surface area contributed by atoms with E-state index in [0.717, 1.165) is 36.8 Å². The highest BCUT2D eigenvalue weighted by Crippen LogP contribution is 2.22. The summed E-state index contributed by atoms with van der Waals surface area (Å²) in [5.41, 5.74) is 0.999. The minimum absolute atomic E-state index is 0.0837. The predicted octanol–water partition coefficient (Wildman–Crippen LogP) is 2.18. The van der Waals surface area contributed by atoms with Crippen molar-refractivity contribution in [3.63, 3.8) is 0 Å². The van der Waals surface area contributed by atoms with Crippen LogP contribution in [0.2, 0.25) is 0 Å². The van der Waals surface area contributed by atoms with Crippen LogP contribution in [-0.4, -0.2) is 32.4 Å². The second-order valence-electron chi connectivity index (χ2n) is 6.43. The van der Waals surface area contributed by atoms with Crippen LogP contribution in [0.5, 0.6) is 0 Å². The Bertz CT molecular complexity index is 837. The van der Waals surface area contributed by atoms with E-state index in [9.17, 15) is 4.39 Å². The van der Waals surface area contributed by atoms with Crippen molar-refractivity contribution < 1.29 is 4.39 Å². The Labute approximate surface area is 145 Å². The van der Waals surface area contributed by atoms with Gasteiger partial charge in [0.2, 0.25) is 0 Å². The molecule has 1 aromatic carbocycles. The molecule has 1 aliphatic rings. The Hall–Kier alpha value is -2.67. The number of nitrogens with one attached hydrogen (secondary N) is 2. The number of fused-ring (bicyclic) bond motifs is 1. The lowest BCUT2D eigenvalue weighted by molar-refractivity contribution is 0.376. The van der Waals surface area contributed by atoms with Crippen molar-refractivity contribution in [1.82, 2.24) is 24.6 Å². The Morgan fingerprint density at radius 3 is 2.88 bits per heavy atom. The number of nitrogens with zero attached hydrogens (tertiary/aromatic N) is 4. The quantitative estimate of drug-likeness (QED) is 0.747. The molecule has 2 N–H and O–H groups in total. The van der Waals surface area contributed by atoms with Gasteiger partial charge in [0.25, 0.3) is 0 Å². The highest BCUT2D eigenvalue weighted by atomic mass is 19.1. The normalized spacial score (nSPS) is 17.8. The zero-order chi connectivity index (χ0) is 17.2. The van der Waals surface area contributed by atoms with E-state index in [1.807, 2.05) is 46.9 Å². The van der Waals surface area contributed by atoms with Crippen molar-refractivity contribution in [2.24, 2.45) is 13.0 Å². The Kier molecular flexibility index (Phi) is 4.23. The molecule has 6 nitrogen and oxygen atoms in total. The Balaban J connectivity index is 1.51. The minimum atomic E-state index is -0.231. The molecule has 0 saturated carbocycles. The van der Waals surface area contributed by atoms with Crippen molar-refractivity contribution in [2.45, 2.75) is 12.6 Å². The first-order valence-corrected chi connectivity index (χ1v) is 8.42. The summed E-state index contributed by atoms with van der Waals surface area (Å²) in [7, 11) is 1.97. The number of hydrogen-bond acceptors (Lipinski definition) is 4. The molecule has 2 atom stereocenters. The van der Waals surface area contributed by atoms with Crippen LogP contribution in [0.15, 0.2) is 48.9 Å². The summed E-state index contributed by atoms with van der Waals surface area (Å²) in [6.45, 7) is 2.58. The van der Waals surface area contributed by atoms with Gasteiger partial charge in [-0.25, -0.2) is 14.1 Å². The number of benzene rings is 1. The Morgan fingerprint density at radius 2 is 2.12 bits per heavy atom. The van der Waals surface area contributed by atoms with E-state index in [2.05, 4.69) is 20.7 Å². The maximum atomic E-state index is 13.3. The average molecular weight is 340 g/mol. The summed E-state index contributed by atoms with van der Waals surface area (Å²) in [6, 6.07) is 8.51. The molecule has 1 aliphatic heterocycles. The first-order chi connectivity index (χ1) is 12.2. The first kappa shape index (κ1) is 15.8. The van der Waals surface area contributed by atoms with Gasteiger partial charge < -0.3 is 15.2 Å². The molecule has 7 heteroatoms. The molecule has 0 saturated heterocycles. The van der Waals surface area contributed by atoms with Crippen molar-refractivity contribution in [1.29, 1.82) is 0 Å². The van der Waals surface area contributed by atoms with Crippen LogP contribution in [0, 0.1) is 11.7 Å². The van der Waals surface area contributed by atoms with E-state index < -0.39 is 0 Å². The molecule has 0 bridgehead atoms. The maximum Gasteiger partial charge on any atom is 0.130 e. The molecule has 0 fully saturated rings. The smallest absolute Gasteiger partial charge is 0.130 e. The van der Waals surface area contributed by atoms with Crippen LogP contribution in [0.1, 0.15) is 17.4 Å². The third-order valence-electron chi connectivity index (χ3n) is 4.65. The molecule has 3 aromatic rings. The lowest BCUT2D eigenvalue weighted by Crippen LogP contribution is -2.37. The summed E-state index contributed by atoms with van der Waals surface area (Å²) in [5, 5.41) is 11.3. The summed E-state index contributed by atoms with van der Waals surface area (Å²) in [5.74, 6) is 2.16. The van der Waals surface area contributed by atoms with Gasteiger partial charge in [0.05, 0.1) is 12.2 Å². The largest absolute Gasteiger partial charge is 0.370 e. The van der Waals surface area contributed by atoms with Crippen LogP contribution >= 0.6 is 0 Å². The molecule has 2 aromatic heterocycles. The van der Waals surface area contributed by atoms with Gasteiger partial charge in [-0.15, -0.1) is 0 Å². The predicted molar refractivity (Wildman–Crippen MR) is 93.7 cm³/mol. The van der Waals surface area contributed by atoms with Crippen LogP contribution in [0.3, 0.4) is 0 Å². The number of imidazole rings is 1. The number of aromatic nitrogens is 4. The van der Waals surface area contributed by atoms with E-state index in [1.54, 1.807) is 6.20 Å². The summed E-state index contributed by atoms with van der Waals surface area (Å²) in [6.07, 6.45) is 5.52. The molecular weight excluding hydrogens is 319 g/mol. The van der Waals surface area contributed by atoms with Crippen LogP contribution in [0.4, 0.5) is 10.2 Å². The molecule has 0 spiro atoms. The van der Waals surface area contributed by atoms with Crippen molar-refractivity contribution in [3.05, 3.63) is 66.1 Å². The molecular formula is C18H21FN6. The molecule has 0 aliphatic carbocycles. The van der Waals surface area contributed by atoms with Crippen molar-refractivity contribution in [3.8, 4) is 0 Å². The van der Waals surface area contributed by atoms with E-state index in [-0.39, 0.29) is 11.9 Å². The minimum Gasteiger partial charge on any atom is -0.370 e. The molecule has 130 valence electrons. The highest BCUT2D eigenvalue weighted by molar-refractivity contribution is 5.35. The number of hydrogen-bond donors (Lipinski definition) is 2. The second kappa shape index (κ2) is 6.68. The maximum absolute atomic E-state index is 13.3. The fraction of sp³-hybridized carbons (Fsp3) is 0.333. The zero-order valence-electron chi connectivity index (χ0n) is 14.1.